The van der Waals surface area contributed by atoms with E-state index in [4.69, 9.17) is 4.74 Å². The summed E-state index contributed by atoms with van der Waals surface area (Å²) >= 11 is 3.42. The molecule has 2 aromatic rings. The molecule has 20 heavy (non-hydrogen) atoms. The van der Waals surface area contributed by atoms with Gasteiger partial charge in [-0.2, -0.15) is 4.98 Å². The highest BCUT2D eigenvalue weighted by Gasteiger charge is 2.12. The molecule has 0 atom stereocenters. The van der Waals surface area contributed by atoms with Crippen LogP contribution in [0.4, 0.5) is 17.5 Å². The second kappa shape index (κ2) is 6.19. The van der Waals surface area contributed by atoms with Gasteiger partial charge in [0.05, 0.1) is 13.2 Å². The van der Waals surface area contributed by atoms with Crippen molar-refractivity contribution in [1.82, 2.24) is 9.97 Å². The highest BCUT2D eigenvalue weighted by atomic mass is 79.9. The average molecular weight is 335 g/mol. The van der Waals surface area contributed by atoms with Crippen molar-refractivity contribution in [2.24, 2.45) is 0 Å². The topological polar surface area (TPSA) is 50.3 Å². The van der Waals surface area contributed by atoms with Crippen molar-refractivity contribution in [1.29, 1.82) is 0 Å². The molecule has 104 valence electrons. The van der Waals surface area contributed by atoms with E-state index in [1.165, 1.54) is 0 Å². The fraction of sp³-hybridized carbons (Fsp3) is 0.286. The SMILES string of the molecule is Brc1ccc(Nc2nccc(N3CCOCC3)n2)cc1. The summed E-state index contributed by atoms with van der Waals surface area (Å²) in [5, 5.41) is 3.21. The third-order valence-electron chi connectivity index (χ3n) is 3.08. The Morgan fingerprint density at radius 2 is 1.85 bits per heavy atom. The van der Waals surface area contributed by atoms with Gasteiger partial charge >= 0.3 is 0 Å². The number of aromatic nitrogens is 2. The average Bonchev–Trinajstić information content (AvgIpc) is 2.51. The fourth-order valence-electron chi connectivity index (χ4n) is 2.04. The van der Waals surface area contributed by atoms with Gasteiger partial charge in [0.1, 0.15) is 5.82 Å². The van der Waals surface area contributed by atoms with Crippen molar-refractivity contribution in [3.05, 3.63) is 41.0 Å². The van der Waals surface area contributed by atoms with Gasteiger partial charge in [-0.3, -0.25) is 0 Å². The van der Waals surface area contributed by atoms with Gasteiger partial charge < -0.3 is 15.0 Å². The number of benzene rings is 1. The number of ether oxygens (including phenoxy) is 1. The fourth-order valence-corrected chi connectivity index (χ4v) is 2.30. The van der Waals surface area contributed by atoms with Crippen molar-refractivity contribution in [3.63, 3.8) is 0 Å². The summed E-state index contributed by atoms with van der Waals surface area (Å²) in [6.07, 6.45) is 1.78. The highest BCUT2D eigenvalue weighted by Crippen LogP contribution is 2.19. The minimum atomic E-state index is 0.608. The molecule has 0 saturated carbocycles. The Bertz CT molecular complexity index is 570. The zero-order chi connectivity index (χ0) is 13.8. The predicted molar refractivity (Wildman–Crippen MR) is 82.5 cm³/mol. The summed E-state index contributed by atoms with van der Waals surface area (Å²) in [7, 11) is 0. The number of hydrogen-bond acceptors (Lipinski definition) is 5. The minimum Gasteiger partial charge on any atom is -0.378 e. The molecule has 0 spiro atoms. The zero-order valence-electron chi connectivity index (χ0n) is 10.9. The minimum absolute atomic E-state index is 0.608. The van der Waals surface area contributed by atoms with Crippen LogP contribution in [0, 0.1) is 0 Å². The normalized spacial score (nSPS) is 15.2. The van der Waals surface area contributed by atoms with Crippen LogP contribution in [-0.2, 0) is 4.74 Å². The highest BCUT2D eigenvalue weighted by molar-refractivity contribution is 9.10. The van der Waals surface area contributed by atoms with Crippen LogP contribution < -0.4 is 10.2 Å². The molecule has 3 rings (SSSR count). The summed E-state index contributed by atoms with van der Waals surface area (Å²) in [5.74, 6) is 1.54. The lowest BCUT2D eigenvalue weighted by Crippen LogP contribution is -2.36. The molecule has 0 amide bonds. The molecule has 1 aromatic carbocycles. The molecule has 0 aliphatic carbocycles. The second-order valence-electron chi connectivity index (χ2n) is 4.47. The van der Waals surface area contributed by atoms with E-state index in [-0.39, 0.29) is 0 Å². The largest absolute Gasteiger partial charge is 0.378 e. The summed E-state index contributed by atoms with van der Waals surface area (Å²) in [6.45, 7) is 3.24. The summed E-state index contributed by atoms with van der Waals surface area (Å²) < 4.78 is 6.40. The smallest absolute Gasteiger partial charge is 0.229 e. The molecule has 1 aliphatic rings. The van der Waals surface area contributed by atoms with Crippen LogP contribution >= 0.6 is 15.9 Å². The number of rotatable bonds is 3. The Morgan fingerprint density at radius 3 is 2.60 bits per heavy atom. The standard InChI is InChI=1S/C14H15BrN4O/c15-11-1-3-12(4-2-11)17-14-16-6-5-13(18-14)19-7-9-20-10-8-19/h1-6H,7-10H2,(H,16,17,18). The van der Waals surface area contributed by atoms with Crippen LogP contribution in [0.1, 0.15) is 0 Å². The molecule has 5 nitrogen and oxygen atoms in total. The molecule has 0 radical (unpaired) electrons. The number of nitrogens with one attached hydrogen (secondary N) is 1. The maximum absolute atomic E-state index is 5.35. The van der Waals surface area contributed by atoms with Gasteiger partial charge in [-0.25, -0.2) is 4.98 Å². The van der Waals surface area contributed by atoms with E-state index in [1.54, 1.807) is 6.20 Å². The van der Waals surface area contributed by atoms with Gasteiger partial charge in [-0.05, 0) is 30.3 Å². The van der Waals surface area contributed by atoms with Gasteiger partial charge in [0.15, 0.2) is 0 Å². The van der Waals surface area contributed by atoms with E-state index < -0.39 is 0 Å². The van der Waals surface area contributed by atoms with E-state index >= 15 is 0 Å². The molecule has 2 heterocycles. The first-order chi connectivity index (χ1) is 9.81. The number of anilines is 3. The molecule has 1 N–H and O–H groups in total. The van der Waals surface area contributed by atoms with Gasteiger partial charge in [0, 0.05) is 29.4 Å². The molecular formula is C14H15BrN4O. The van der Waals surface area contributed by atoms with Crippen LogP contribution in [0.5, 0.6) is 0 Å². The molecule has 0 unspecified atom stereocenters. The van der Waals surface area contributed by atoms with Crippen LogP contribution in [0.3, 0.4) is 0 Å². The first-order valence-corrected chi connectivity index (χ1v) is 7.29. The van der Waals surface area contributed by atoms with Crippen molar-refractivity contribution >= 4 is 33.4 Å². The molecule has 1 aliphatic heterocycles. The summed E-state index contributed by atoms with van der Waals surface area (Å²) in [6, 6.07) is 9.85. The summed E-state index contributed by atoms with van der Waals surface area (Å²) in [5.41, 5.74) is 0.965. The third-order valence-corrected chi connectivity index (χ3v) is 3.60. The Kier molecular flexibility index (Phi) is 4.13. The maximum atomic E-state index is 5.35. The zero-order valence-corrected chi connectivity index (χ0v) is 12.5. The van der Waals surface area contributed by atoms with Gasteiger partial charge in [-0.1, -0.05) is 15.9 Å². The lowest BCUT2D eigenvalue weighted by Gasteiger charge is -2.27. The van der Waals surface area contributed by atoms with E-state index in [0.29, 0.717) is 5.95 Å². The molecule has 1 saturated heterocycles. The van der Waals surface area contributed by atoms with Gasteiger partial charge in [0.2, 0.25) is 5.95 Å². The number of nitrogens with zero attached hydrogens (tertiary/aromatic N) is 3. The van der Waals surface area contributed by atoms with Crippen LogP contribution in [0.2, 0.25) is 0 Å². The van der Waals surface area contributed by atoms with Crippen molar-refractivity contribution in [2.75, 3.05) is 36.5 Å². The second-order valence-corrected chi connectivity index (χ2v) is 5.39. The van der Waals surface area contributed by atoms with Crippen LogP contribution in [0.15, 0.2) is 41.0 Å². The first kappa shape index (κ1) is 13.3. The van der Waals surface area contributed by atoms with Crippen molar-refractivity contribution < 1.29 is 4.74 Å². The molecule has 6 heteroatoms. The van der Waals surface area contributed by atoms with Crippen LogP contribution in [-0.4, -0.2) is 36.3 Å². The van der Waals surface area contributed by atoms with Crippen molar-refractivity contribution in [2.45, 2.75) is 0 Å². The quantitative estimate of drug-likeness (QED) is 0.935. The lowest BCUT2D eigenvalue weighted by atomic mass is 10.3. The van der Waals surface area contributed by atoms with Gasteiger partial charge in [0.25, 0.3) is 0 Å². The summed E-state index contributed by atoms with van der Waals surface area (Å²) in [4.78, 5) is 11.0. The Labute approximate surface area is 126 Å². The van der Waals surface area contributed by atoms with Crippen molar-refractivity contribution in [3.8, 4) is 0 Å². The number of morpholine rings is 1. The van der Waals surface area contributed by atoms with E-state index in [1.807, 2.05) is 30.3 Å². The maximum Gasteiger partial charge on any atom is 0.229 e. The molecule has 1 aromatic heterocycles. The Balaban J connectivity index is 1.75. The van der Waals surface area contributed by atoms with Crippen LogP contribution in [0.25, 0.3) is 0 Å². The molecule has 1 fully saturated rings. The lowest BCUT2D eigenvalue weighted by molar-refractivity contribution is 0.122. The predicted octanol–water partition coefficient (Wildman–Crippen LogP) is 2.82. The number of halogens is 1. The third kappa shape index (κ3) is 3.26. The molecular weight excluding hydrogens is 320 g/mol. The first-order valence-electron chi connectivity index (χ1n) is 6.49. The molecule has 0 bridgehead atoms. The van der Waals surface area contributed by atoms with Gasteiger partial charge in [-0.15, -0.1) is 0 Å². The Hall–Kier alpha value is -1.66. The van der Waals surface area contributed by atoms with E-state index in [0.717, 1.165) is 42.3 Å². The van der Waals surface area contributed by atoms with E-state index in [2.05, 4.69) is 36.1 Å². The number of hydrogen-bond donors (Lipinski definition) is 1. The Morgan fingerprint density at radius 1 is 1.10 bits per heavy atom. The van der Waals surface area contributed by atoms with E-state index in [9.17, 15) is 0 Å². The monoisotopic (exact) mass is 334 g/mol.